The number of ether oxygens (including phenoxy) is 1. The van der Waals surface area contributed by atoms with Crippen LogP contribution in [0.2, 0.25) is 0 Å². The van der Waals surface area contributed by atoms with Gasteiger partial charge >= 0.3 is 12.1 Å². The number of benzene rings is 2. The highest BCUT2D eigenvalue weighted by Crippen LogP contribution is 2.50. The molecule has 4 atom stereocenters. The molecule has 230 valence electrons. The van der Waals surface area contributed by atoms with Gasteiger partial charge in [-0.25, -0.2) is 13.6 Å². The van der Waals surface area contributed by atoms with Crippen LogP contribution in [0.3, 0.4) is 0 Å². The van der Waals surface area contributed by atoms with E-state index in [9.17, 15) is 36.6 Å². The van der Waals surface area contributed by atoms with Gasteiger partial charge in [-0.3, -0.25) is 4.79 Å². The molecule has 0 spiro atoms. The molecular formula is C31H37F5N2O4. The van der Waals surface area contributed by atoms with Crippen LogP contribution in [0.25, 0.3) is 0 Å². The van der Waals surface area contributed by atoms with Crippen molar-refractivity contribution in [3.63, 3.8) is 0 Å². The molecule has 2 N–H and O–H groups in total. The van der Waals surface area contributed by atoms with Gasteiger partial charge in [0.25, 0.3) is 0 Å². The third-order valence-corrected chi connectivity index (χ3v) is 8.52. The van der Waals surface area contributed by atoms with Crippen LogP contribution in [0.1, 0.15) is 69.2 Å². The second-order valence-corrected chi connectivity index (χ2v) is 12.3. The molecule has 0 radical (unpaired) electrons. The first-order valence-corrected chi connectivity index (χ1v) is 14.0. The summed E-state index contributed by atoms with van der Waals surface area (Å²) in [5.41, 5.74) is -0.412. The Bertz CT molecular complexity index is 1270. The van der Waals surface area contributed by atoms with E-state index in [-0.39, 0.29) is 25.1 Å². The Kier molecular flexibility index (Phi) is 8.92. The predicted octanol–water partition coefficient (Wildman–Crippen LogP) is 6.70. The number of aliphatic carboxylic acids is 1. The Morgan fingerprint density at radius 2 is 1.67 bits per heavy atom. The van der Waals surface area contributed by atoms with Crippen LogP contribution < -0.4 is 10.1 Å². The Morgan fingerprint density at radius 1 is 1.05 bits per heavy atom. The zero-order chi connectivity index (χ0) is 31.0. The van der Waals surface area contributed by atoms with E-state index in [4.69, 9.17) is 4.74 Å². The lowest BCUT2D eigenvalue weighted by Crippen LogP contribution is -2.49. The summed E-state index contributed by atoms with van der Waals surface area (Å²) in [6.07, 6.45) is -5.53. The van der Waals surface area contributed by atoms with E-state index in [0.29, 0.717) is 11.1 Å². The summed E-state index contributed by atoms with van der Waals surface area (Å²) < 4.78 is 73.1. The number of carboxylic acids is 1. The molecule has 6 nitrogen and oxygen atoms in total. The maximum Gasteiger partial charge on any atom is 0.416 e. The quantitative estimate of drug-likeness (QED) is 0.348. The minimum atomic E-state index is -4.56. The first-order chi connectivity index (χ1) is 19.5. The van der Waals surface area contributed by atoms with Crippen molar-refractivity contribution in [1.82, 2.24) is 10.2 Å². The van der Waals surface area contributed by atoms with Gasteiger partial charge in [-0.15, -0.1) is 0 Å². The van der Waals surface area contributed by atoms with Gasteiger partial charge in [0, 0.05) is 42.8 Å². The molecule has 1 saturated carbocycles. The molecule has 2 aromatic carbocycles. The van der Waals surface area contributed by atoms with Crippen LogP contribution in [0, 0.1) is 17.3 Å². The molecule has 0 aromatic heterocycles. The summed E-state index contributed by atoms with van der Waals surface area (Å²) in [7, 11) is 1.27. The first-order valence-electron chi connectivity index (χ1n) is 14.0. The molecule has 1 saturated heterocycles. The van der Waals surface area contributed by atoms with Crippen molar-refractivity contribution in [2.45, 2.75) is 83.2 Å². The van der Waals surface area contributed by atoms with Crippen LogP contribution in [0.15, 0.2) is 48.5 Å². The number of carbonyl (C=O) groups excluding carboxylic acids is 1. The lowest BCUT2D eigenvalue weighted by atomic mass is 9.72. The van der Waals surface area contributed by atoms with Gasteiger partial charge < -0.3 is 20.1 Å². The third kappa shape index (κ3) is 6.55. The van der Waals surface area contributed by atoms with Crippen LogP contribution in [-0.2, 0) is 22.3 Å². The molecule has 4 unspecified atom stereocenters. The van der Waals surface area contributed by atoms with Crippen LogP contribution in [0.5, 0.6) is 5.75 Å². The minimum Gasteiger partial charge on any atom is -0.496 e. The van der Waals surface area contributed by atoms with Gasteiger partial charge in [0.2, 0.25) is 11.8 Å². The van der Waals surface area contributed by atoms with E-state index in [1.807, 2.05) is 20.8 Å². The zero-order valence-corrected chi connectivity index (χ0v) is 24.1. The highest BCUT2D eigenvalue weighted by molar-refractivity contribution is 5.87. The standard InChI is InChI=1S/C31H37F5N2O4/c1-29(2,3)23-24(37-17-20-10-11-21(31(34,35)36)16-22(20)42-4)25(18-8-6-5-7-9-18)38(26(23)28(40)41)27(39)19-12-14-30(32,33)15-13-19/h5-11,16,19,23-26,37H,12-15,17H2,1-4H3,(H,40,41). The Morgan fingerprint density at radius 3 is 2.19 bits per heavy atom. The fourth-order valence-corrected chi connectivity index (χ4v) is 6.52. The topological polar surface area (TPSA) is 78.9 Å². The largest absolute Gasteiger partial charge is 0.496 e. The number of methoxy groups -OCH3 is 1. The fraction of sp³-hybridized carbons (Fsp3) is 0.548. The fourth-order valence-electron chi connectivity index (χ4n) is 6.52. The van der Waals surface area contributed by atoms with Gasteiger partial charge in [-0.2, -0.15) is 13.2 Å². The number of hydrogen-bond donors (Lipinski definition) is 2. The van der Waals surface area contributed by atoms with E-state index in [2.05, 4.69) is 5.32 Å². The molecule has 4 rings (SSSR count). The maximum absolute atomic E-state index is 14.1. The minimum absolute atomic E-state index is 0.0183. The first kappa shape index (κ1) is 31.7. The number of nitrogens with one attached hydrogen (secondary N) is 1. The smallest absolute Gasteiger partial charge is 0.416 e. The molecule has 1 aliphatic heterocycles. The van der Waals surface area contributed by atoms with Crippen molar-refractivity contribution in [3.8, 4) is 5.75 Å². The lowest BCUT2D eigenvalue weighted by molar-refractivity contribution is -0.156. The zero-order valence-electron chi connectivity index (χ0n) is 24.1. The number of nitrogens with zero attached hydrogens (tertiary/aromatic N) is 1. The van der Waals surface area contributed by atoms with E-state index >= 15 is 0 Å². The van der Waals surface area contributed by atoms with Gasteiger partial charge in [-0.1, -0.05) is 57.2 Å². The molecule has 2 aliphatic rings. The van der Waals surface area contributed by atoms with E-state index in [1.165, 1.54) is 18.1 Å². The van der Waals surface area contributed by atoms with Gasteiger partial charge in [0.15, 0.2) is 0 Å². The van der Waals surface area contributed by atoms with Gasteiger partial charge in [-0.05, 0) is 36.0 Å². The van der Waals surface area contributed by atoms with E-state index < -0.39 is 77.8 Å². The van der Waals surface area contributed by atoms with Crippen molar-refractivity contribution in [3.05, 3.63) is 65.2 Å². The number of hydrogen-bond acceptors (Lipinski definition) is 4. The summed E-state index contributed by atoms with van der Waals surface area (Å²) in [4.78, 5) is 28.4. The number of carbonyl (C=O) groups is 2. The molecule has 2 fully saturated rings. The highest BCUT2D eigenvalue weighted by Gasteiger charge is 2.58. The van der Waals surface area contributed by atoms with Crippen molar-refractivity contribution in [2.75, 3.05) is 7.11 Å². The van der Waals surface area contributed by atoms with E-state index in [1.54, 1.807) is 30.3 Å². The van der Waals surface area contributed by atoms with Crippen molar-refractivity contribution in [2.24, 2.45) is 17.3 Å². The number of halogens is 5. The van der Waals surface area contributed by atoms with Gasteiger partial charge in [0.05, 0.1) is 18.7 Å². The Hall–Kier alpha value is -3.21. The van der Waals surface area contributed by atoms with Crippen molar-refractivity contribution >= 4 is 11.9 Å². The lowest BCUT2D eigenvalue weighted by Gasteiger charge is -2.36. The molecule has 11 heteroatoms. The third-order valence-electron chi connectivity index (χ3n) is 8.52. The Labute approximate surface area is 242 Å². The predicted molar refractivity (Wildman–Crippen MR) is 146 cm³/mol. The number of rotatable bonds is 7. The van der Waals surface area contributed by atoms with Crippen LogP contribution >= 0.6 is 0 Å². The molecule has 1 amide bonds. The molecule has 0 bridgehead atoms. The number of alkyl halides is 5. The monoisotopic (exact) mass is 596 g/mol. The molecule has 2 aromatic rings. The number of carboxylic acid groups (broad SMARTS) is 1. The van der Waals surface area contributed by atoms with Gasteiger partial charge in [0.1, 0.15) is 11.8 Å². The normalized spacial score (nSPS) is 24.9. The molecule has 1 aliphatic carbocycles. The maximum atomic E-state index is 14.1. The summed E-state index contributed by atoms with van der Waals surface area (Å²) in [5.74, 6) is -5.91. The number of amides is 1. The summed E-state index contributed by atoms with van der Waals surface area (Å²) in [5, 5.41) is 13.9. The average molecular weight is 597 g/mol. The summed E-state index contributed by atoms with van der Waals surface area (Å²) in [6, 6.07) is 9.42. The van der Waals surface area contributed by atoms with Crippen LogP contribution in [-0.4, -0.2) is 47.0 Å². The highest BCUT2D eigenvalue weighted by atomic mass is 19.4. The average Bonchev–Trinajstić information content (AvgIpc) is 3.27. The molecular weight excluding hydrogens is 559 g/mol. The summed E-state index contributed by atoms with van der Waals surface area (Å²) >= 11 is 0. The molecule has 1 heterocycles. The van der Waals surface area contributed by atoms with Crippen LogP contribution in [0.4, 0.5) is 22.0 Å². The SMILES string of the molecule is COc1cc(C(F)(F)F)ccc1CNC1C(c2ccccc2)N(C(=O)C2CCC(F)(F)CC2)C(C(=O)O)C1C(C)(C)C. The Balaban J connectivity index is 1.77. The van der Waals surface area contributed by atoms with E-state index in [0.717, 1.165) is 12.1 Å². The second-order valence-electron chi connectivity index (χ2n) is 12.3. The van der Waals surface area contributed by atoms with Crippen molar-refractivity contribution < 1.29 is 41.4 Å². The summed E-state index contributed by atoms with van der Waals surface area (Å²) in [6.45, 7) is 5.65. The second kappa shape index (κ2) is 11.8. The van der Waals surface area contributed by atoms with Crippen molar-refractivity contribution in [1.29, 1.82) is 0 Å². The molecule has 42 heavy (non-hydrogen) atoms. The number of likely N-dealkylation sites (tertiary alicyclic amines) is 1.